The molecule has 1 saturated heterocycles. The van der Waals surface area contributed by atoms with Crippen LogP contribution in [-0.2, 0) is 4.74 Å². The summed E-state index contributed by atoms with van der Waals surface area (Å²) in [6.45, 7) is 6.74. The van der Waals surface area contributed by atoms with Crippen LogP contribution in [-0.4, -0.2) is 116 Å². The molecule has 13 heteroatoms. The van der Waals surface area contributed by atoms with Gasteiger partial charge < -0.3 is 19.1 Å². The second-order valence-electron chi connectivity index (χ2n) is 16.3. The summed E-state index contributed by atoms with van der Waals surface area (Å²) in [5, 5.41) is 11.8. The monoisotopic (exact) mass is 874 g/mol. The van der Waals surface area contributed by atoms with Crippen molar-refractivity contribution < 1.29 is 14.2 Å². The number of hydrogen-bond acceptors (Lipinski definition) is 11. The lowest BCUT2D eigenvalue weighted by Crippen LogP contribution is -2.38. The first-order valence-corrected chi connectivity index (χ1v) is 22.3. The topological polar surface area (TPSA) is 120 Å². The molecule has 9 heterocycles. The van der Waals surface area contributed by atoms with Crippen molar-refractivity contribution >= 4 is 32.8 Å². The van der Waals surface area contributed by atoms with Gasteiger partial charge in [-0.15, -0.1) is 0 Å². The Morgan fingerprint density at radius 2 is 1.09 bits per heavy atom. The number of aromatic nitrogens is 8. The zero-order valence-electron chi connectivity index (χ0n) is 37.1. The van der Waals surface area contributed by atoms with Crippen molar-refractivity contribution in [2.24, 2.45) is 0 Å². The average Bonchev–Trinajstić information content (AvgIpc) is 3.95. The van der Waals surface area contributed by atoms with Crippen LogP contribution in [0.4, 0.5) is 0 Å². The van der Waals surface area contributed by atoms with Crippen molar-refractivity contribution in [2.75, 3.05) is 66.7 Å². The molecule has 11 rings (SSSR count). The Labute approximate surface area is 382 Å². The molecule has 1 aliphatic rings. The third-order valence-corrected chi connectivity index (χ3v) is 11.7. The summed E-state index contributed by atoms with van der Waals surface area (Å²) in [7, 11) is 4.14. The van der Waals surface area contributed by atoms with E-state index in [-0.39, 0.29) is 0 Å². The van der Waals surface area contributed by atoms with E-state index in [2.05, 4.69) is 80.2 Å². The first-order chi connectivity index (χ1) is 32.6. The van der Waals surface area contributed by atoms with Crippen molar-refractivity contribution in [1.82, 2.24) is 49.0 Å². The highest BCUT2D eigenvalue weighted by Crippen LogP contribution is 2.40. The van der Waals surface area contributed by atoms with Gasteiger partial charge >= 0.3 is 0 Å². The number of hydrogen-bond donors (Lipinski definition) is 0. The maximum absolute atomic E-state index is 6.06. The predicted octanol–water partition coefficient (Wildman–Crippen LogP) is 9.26. The minimum atomic E-state index is 0.642. The molecular weight excluding hydrogens is 825 g/mol. The van der Waals surface area contributed by atoms with E-state index in [1.807, 2.05) is 119 Å². The number of benzene rings is 2. The Balaban J connectivity index is 0.000000155. The van der Waals surface area contributed by atoms with Gasteiger partial charge in [-0.2, -0.15) is 10.2 Å². The lowest BCUT2D eigenvalue weighted by Gasteiger charge is -2.26. The summed E-state index contributed by atoms with van der Waals surface area (Å²) < 4.78 is 21.3. The Hall–Kier alpha value is -7.58. The first-order valence-electron chi connectivity index (χ1n) is 22.3. The van der Waals surface area contributed by atoms with Crippen LogP contribution in [0.2, 0.25) is 0 Å². The molecule has 0 atom stereocenters. The molecule has 1 aliphatic heterocycles. The second-order valence-corrected chi connectivity index (χ2v) is 16.3. The number of pyridine rings is 6. The number of fused-ring (bicyclic) bond motifs is 4. The number of rotatable bonds is 13. The Bertz CT molecular complexity index is 3220. The molecule has 2 aromatic carbocycles. The summed E-state index contributed by atoms with van der Waals surface area (Å²) in [5.74, 6) is 1.67. The van der Waals surface area contributed by atoms with Gasteiger partial charge in [0.25, 0.3) is 0 Å². The predicted molar refractivity (Wildman–Crippen MR) is 260 cm³/mol. The van der Waals surface area contributed by atoms with E-state index in [0.717, 1.165) is 135 Å². The molecular formula is C53H50N10O3. The van der Waals surface area contributed by atoms with Gasteiger partial charge in [0.15, 0.2) is 0 Å². The summed E-state index contributed by atoms with van der Waals surface area (Å²) in [6.07, 6.45) is 12.2. The lowest BCUT2D eigenvalue weighted by atomic mass is 9.98. The van der Waals surface area contributed by atoms with Gasteiger partial charge in [-0.3, -0.25) is 24.8 Å². The lowest BCUT2D eigenvalue weighted by molar-refractivity contribution is 0.0322. The minimum absolute atomic E-state index is 0.642. The fourth-order valence-electron chi connectivity index (χ4n) is 8.45. The smallest absolute Gasteiger partial charge is 0.121 e. The van der Waals surface area contributed by atoms with Gasteiger partial charge in [0, 0.05) is 97.4 Å². The highest BCUT2D eigenvalue weighted by molar-refractivity contribution is 6.04. The normalized spacial score (nSPS) is 13.1. The molecule has 0 spiro atoms. The van der Waals surface area contributed by atoms with Gasteiger partial charge in [-0.05, 0) is 117 Å². The molecule has 0 aliphatic carbocycles. The molecule has 10 aromatic rings. The summed E-state index contributed by atoms with van der Waals surface area (Å²) in [4.78, 5) is 22.9. The number of ether oxygens (including phenoxy) is 3. The quantitative estimate of drug-likeness (QED) is 0.103. The maximum Gasteiger partial charge on any atom is 0.121 e. The highest BCUT2D eigenvalue weighted by atomic mass is 16.5. The van der Waals surface area contributed by atoms with Crippen LogP contribution in [0.25, 0.3) is 77.9 Å². The molecule has 0 bridgehead atoms. The first kappa shape index (κ1) is 42.4. The molecule has 0 amide bonds. The van der Waals surface area contributed by atoms with E-state index in [9.17, 15) is 0 Å². The number of morpholine rings is 1. The van der Waals surface area contributed by atoms with Crippen LogP contribution in [0.15, 0.2) is 159 Å². The van der Waals surface area contributed by atoms with Gasteiger partial charge in [-0.25, -0.2) is 9.03 Å². The Kier molecular flexibility index (Phi) is 12.6. The van der Waals surface area contributed by atoms with Crippen LogP contribution >= 0.6 is 0 Å². The van der Waals surface area contributed by atoms with E-state index >= 15 is 0 Å². The Morgan fingerprint density at radius 3 is 1.61 bits per heavy atom. The molecule has 1 fully saturated rings. The van der Waals surface area contributed by atoms with E-state index in [0.29, 0.717) is 13.2 Å². The van der Waals surface area contributed by atoms with Gasteiger partial charge in [0.2, 0.25) is 0 Å². The van der Waals surface area contributed by atoms with E-state index in [1.165, 1.54) is 0 Å². The van der Waals surface area contributed by atoms with Crippen LogP contribution in [0, 0.1) is 0 Å². The Morgan fingerprint density at radius 1 is 0.561 bits per heavy atom. The third kappa shape index (κ3) is 9.18. The maximum atomic E-state index is 6.06. The van der Waals surface area contributed by atoms with Crippen LogP contribution in [0.1, 0.15) is 6.42 Å². The molecule has 0 N–H and O–H groups in total. The van der Waals surface area contributed by atoms with Gasteiger partial charge in [0.05, 0.1) is 53.3 Å². The van der Waals surface area contributed by atoms with E-state index in [4.69, 9.17) is 24.4 Å². The molecule has 330 valence electrons. The fraction of sp³-hybridized carbons (Fsp3) is 0.208. The second kappa shape index (κ2) is 19.7. The highest BCUT2D eigenvalue weighted by Gasteiger charge is 2.21. The molecule has 66 heavy (non-hydrogen) atoms. The molecule has 0 radical (unpaired) electrons. The van der Waals surface area contributed by atoms with Crippen molar-refractivity contribution in [2.45, 2.75) is 6.42 Å². The molecule has 0 saturated carbocycles. The zero-order valence-corrected chi connectivity index (χ0v) is 37.1. The van der Waals surface area contributed by atoms with E-state index < -0.39 is 0 Å². The largest absolute Gasteiger partial charge is 0.493 e. The minimum Gasteiger partial charge on any atom is -0.493 e. The van der Waals surface area contributed by atoms with Crippen LogP contribution < -0.4 is 9.47 Å². The number of nitrogens with zero attached hydrogens (tertiary/aromatic N) is 10. The summed E-state index contributed by atoms with van der Waals surface area (Å²) >= 11 is 0. The SMILES string of the molecule is CN(C)CCCOc1ccc2c(-c3c(-c4ccccn4)nn4ccccc34)ccnc2c1.c1ccc(-c2nn3ccccc3c2-c2ccnc3cc(OCCN4CCOCC4)ccc23)nc1. The van der Waals surface area contributed by atoms with Crippen LogP contribution in [0.3, 0.4) is 0 Å². The standard InChI is InChI=1S/C27H25N5O2.C26H25N5O/c1-3-10-28-23(5-1)27-26(25-6-2-4-12-32(25)30-27)22-9-11-29-24-19-20(7-8-21(22)24)34-18-15-31-13-16-33-17-14-31;1-30(2)15-7-17-32-19-10-11-20-21(12-14-28-23(20)18-19)25-24-9-4-6-16-31(24)29-26(25)22-8-3-5-13-27-22/h1-12,19H,13-18H2;3-6,8-14,16,18H,7,15,17H2,1-2H3. The van der Waals surface area contributed by atoms with Crippen molar-refractivity contribution in [3.05, 3.63) is 159 Å². The van der Waals surface area contributed by atoms with Crippen molar-refractivity contribution in [1.29, 1.82) is 0 Å². The van der Waals surface area contributed by atoms with Crippen LogP contribution in [0.5, 0.6) is 11.5 Å². The van der Waals surface area contributed by atoms with Gasteiger partial charge in [-0.1, -0.05) is 24.3 Å². The van der Waals surface area contributed by atoms with Crippen molar-refractivity contribution in [3.63, 3.8) is 0 Å². The van der Waals surface area contributed by atoms with E-state index in [1.54, 1.807) is 12.4 Å². The summed E-state index contributed by atoms with van der Waals surface area (Å²) in [5.41, 5.74) is 11.5. The molecule has 8 aromatic heterocycles. The fourth-order valence-corrected chi connectivity index (χ4v) is 8.45. The zero-order chi connectivity index (χ0) is 44.7. The average molecular weight is 875 g/mol. The van der Waals surface area contributed by atoms with Crippen molar-refractivity contribution in [3.8, 4) is 56.5 Å². The summed E-state index contributed by atoms with van der Waals surface area (Å²) in [6, 6.07) is 40.4. The third-order valence-electron chi connectivity index (χ3n) is 11.7. The molecule has 0 unspecified atom stereocenters. The molecule has 13 nitrogen and oxygen atoms in total. The van der Waals surface area contributed by atoms with Gasteiger partial charge in [0.1, 0.15) is 29.5 Å².